The Kier molecular flexibility index (Phi) is 7.14. The predicted octanol–water partition coefficient (Wildman–Crippen LogP) is 4.56. The van der Waals surface area contributed by atoms with Crippen LogP contribution in [0.15, 0.2) is 65.1 Å². The van der Waals surface area contributed by atoms with Gasteiger partial charge in [0.1, 0.15) is 31.0 Å². The average molecular weight is 444 g/mol. The highest BCUT2D eigenvalue weighted by atomic mass is 16.3. The van der Waals surface area contributed by atoms with E-state index < -0.39 is 0 Å². The van der Waals surface area contributed by atoms with Crippen molar-refractivity contribution in [2.45, 2.75) is 34.2 Å². The highest BCUT2D eigenvalue weighted by Crippen LogP contribution is 2.41. The van der Waals surface area contributed by atoms with Gasteiger partial charge in [0.2, 0.25) is 5.36 Å². The fraction of sp³-hybridized carbons (Fsp3) is 0.345. The van der Waals surface area contributed by atoms with Crippen LogP contribution in [0.4, 0.5) is 5.69 Å². The average Bonchev–Trinajstić information content (AvgIpc) is 2.84. The van der Waals surface area contributed by atoms with E-state index in [1.165, 1.54) is 27.7 Å². The molecule has 4 rings (SSSR count). The van der Waals surface area contributed by atoms with E-state index in [9.17, 15) is 0 Å². The molecule has 1 aliphatic carbocycles. The molecule has 0 saturated carbocycles. The summed E-state index contributed by atoms with van der Waals surface area (Å²) in [5.74, 6) is 0.939. The van der Waals surface area contributed by atoms with Gasteiger partial charge in [-0.25, -0.2) is 4.58 Å². The van der Waals surface area contributed by atoms with Gasteiger partial charge < -0.3 is 14.6 Å². The molecule has 4 heteroatoms. The third-order valence-electron chi connectivity index (χ3n) is 6.66. The van der Waals surface area contributed by atoms with E-state index in [4.69, 9.17) is 4.42 Å². The minimum atomic E-state index is 0.939. The maximum Gasteiger partial charge on any atom is 0.203 e. The molecule has 172 valence electrons. The van der Waals surface area contributed by atoms with Crippen molar-refractivity contribution in [2.24, 2.45) is 0 Å². The Morgan fingerprint density at radius 2 is 1.61 bits per heavy atom. The number of nitrogens with two attached hydrogens (primary N) is 1. The summed E-state index contributed by atoms with van der Waals surface area (Å²) >= 11 is 0. The molecule has 2 N–H and O–H groups in total. The zero-order chi connectivity index (χ0) is 23.4. The van der Waals surface area contributed by atoms with E-state index >= 15 is 0 Å². The molecule has 0 fully saturated rings. The SMILES string of the molecule is CCN(CC)c1ccc2c(-c3ccccc3C[NH2+]C)c3ccc(=[N+](CC)CC)cc-3oc2c1. The number of hydrogen-bond donors (Lipinski definition) is 1. The molecule has 0 saturated heterocycles. The topological polar surface area (TPSA) is 36.0 Å². The molecule has 33 heavy (non-hydrogen) atoms. The molecule has 0 bridgehead atoms. The molecule has 4 nitrogen and oxygen atoms in total. The summed E-state index contributed by atoms with van der Waals surface area (Å²) in [6.45, 7) is 13.6. The van der Waals surface area contributed by atoms with Crippen LogP contribution in [-0.2, 0) is 6.54 Å². The standard InChI is InChI=1S/C29H36N3O/c1-6-31(7-2)22-14-16-25-27(18-22)33-28-19-23(32(8-3)9-4)15-17-26(28)29(25)24-13-11-10-12-21(24)20-30-5/h10-19,30H,6-9,20H2,1-5H3/q+1/p+1. The summed E-state index contributed by atoms with van der Waals surface area (Å²) in [6.07, 6.45) is 0. The fourth-order valence-corrected chi connectivity index (χ4v) is 4.89. The Morgan fingerprint density at radius 3 is 2.30 bits per heavy atom. The summed E-state index contributed by atoms with van der Waals surface area (Å²) in [4.78, 5) is 2.37. The number of rotatable bonds is 8. The van der Waals surface area contributed by atoms with E-state index in [-0.39, 0.29) is 0 Å². The molecule has 0 amide bonds. The lowest BCUT2D eigenvalue weighted by atomic mass is 9.90. The summed E-state index contributed by atoms with van der Waals surface area (Å²) < 4.78 is 8.97. The first kappa shape index (κ1) is 23.1. The molecule has 2 aromatic carbocycles. The van der Waals surface area contributed by atoms with Crippen LogP contribution in [-0.4, -0.2) is 33.2 Å². The first-order chi connectivity index (χ1) is 16.1. The molecule has 2 aliphatic rings. The molecule has 1 aliphatic heterocycles. The largest absolute Gasteiger partial charge is 0.456 e. The second-order valence-electron chi connectivity index (χ2n) is 8.45. The summed E-state index contributed by atoms with van der Waals surface area (Å²) in [7, 11) is 2.13. The first-order valence-corrected chi connectivity index (χ1v) is 12.3. The second-order valence-corrected chi connectivity index (χ2v) is 8.45. The third-order valence-corrected chi connectivity index (χ3v) is 6.66. The van der Waals surface area contributed by atoms with Crippen LogP contribution in [0.2, 0.25) is 0 Å². The Hall–Kier alpha value is -3.11. The first-order valence-electron chi connectivity index (χ1n) is 12.3. The molecule has 0 spiro atoms. The van der Waals surface area contributed by atoms with Crippen LogP contribution in [0.1, 0.15) is 33.3 Å². The molecule has 0 unspecified atom stereocenters. The van der Waals surface area contributed by atoms with Crippen molar-refractivity contribution in [1.82, 2.24) is 4.58 Å². The number of hydrogen-bond acceptors (Lipinski definition) is 2. The molecule has 2 aromatic rings. The zero-order valence-electron chi connectivity index (χ0n) is 20.7. The van der Waals surface area contributed by atoms with Crippen molar-refractivity contribution in [2.75, 3.05) is 38.1 Å². The van der Waals surface area contributed by atoms with Crippen LogP contribution in [0.25, 0.3) is 33.4 Å². The highest BCUT2D eigenvalue weighted by molar-refractivity contribution is 6.03. The minimum Gasteiger partial charge on any atom is -0.456 e. The van der Waals surface area contributed by atoms with Crippen molar-refractivity contribution in [3.63, 3.8) is 0 Å². The Bertz CT molecular complexity index is 1280. The quantitative estimate of drug-likeness (QED) is 0.320. The highest BCUT2D eigenvalue weighted by Gasteiger charge is 2.21. The lowest BCUT2D eigenvalue weighted by Gasteiger charge is -2.22. The van der Waals surface area contributed by atoms with E-state index in [1.54, 1.807) is 0 Å². The van der Waals surface area contributed by atoms with Gasteiger partial charge in [-0.15, -0.1) is 0 Å². The van der Waals surface area contributed by atoms with Gasteiger partial charge >= 0.3 is 0 Å². The van der Waals surface area contributed by atoms with Crippen LogP contribution >= 0.6 is 0 Å². The second kappa shape index (κ2) is 10.2. The Morgan fingerprint density at radius 1 is 0.848 bits per heavy atom. The van der Waals surface area contributed by atoms with Crippen LogP contribution in [0.5, 0.6) is 0 Å². The Labute approximate surface area is 197 Å². The van der Waals surface area contributed by atoms with Gasteiger partial charge in [0.15, 0.2) is 0 Å². The van der Waals surface area contributed by atoms with Gasteiger partial charge in [-0.2, -0.15) is 0 Å². The summed E-state index contributed by atoms with van der Waals surface area (Å²) in [5.41, 5.74) is 7.20. The lowest BCUT2D eigenvalue weighted by molar-refractivity contribution is -0.643. The maximum atomic E-state index is 6.61. The van der Waals surface area contributed by atoms with Crippen LogP contribution in [0, 0.1) is 0 Å². The fourth-order valence-electron chi connectivity index (χ4n) is 4.89. The molecular formula is C29H37N3O+2. The van der Waals surface area contributed by atoms with Crippen molar-refractivity contribution < 1.29 is 9.73 Å². The normalized spacial score (nSPS) is 11.3. The number of benzene rings is 3. The van der Waals surface area contributed by atoms with Crippen LogP contribution < -0.4 is 20.1 Å². The van der Waals surface area contributed by atoms with Crippen molar-refractivity contribution in [1.29, 1.82) is 0 Å². The predicted molar refractivity (Wildman–Crippen MR) is 140 cm³/mol. The van der Waals surface area contributed by atoms with Gasteiger partial charge in [0.25, 0.3) is 0 Å². The monoisotopic (exact) mass is 443 g/mol. The van der Waals surface area contributed by atoms with Gasteiger partial charge in [-0.1, -0.05) is 24.3 Å². The van der Waals surface area contributed by atoms with Crippen molar-refractivity contribution in [3.05, 3.63) is 71.6 Å². The van der Waals surface area contributed by atoms with E-state index in [1.807, 2.05) is 0 Å². The molecule has 0 atom stereocenters. The van der Waals surface area contributed by atoms with Crippen LogP contribution in [0.3, 0.4) is 0 Å². The van der Waals surface area contributed by atoms with Crippen molar-refractivity contribution in [3.8, 4) is 22.5 Å². The molecule has 0 radical (unpaired) electrons. The molecule has 1 heterocycles. The number of nitrogens with zero attached hydrogens (tertiary/aromatic N) is 2. The lowest BCUT2D eigenvalue weighted by Crippen LogP contribution is -2.77. The summed E-state index contributed by atoms with van der Waals surface area (Å²) in [6, 6.07) is 22.2. The van der Waals surface area contributed by atoms with Gasteiger partial charge in [0.05, 0.1) is 13.1 Å². The van der Waals surface area contributed by atoms with E-state index in [0.717, 1.165) is 55.0 Å². The Balaban J connectivity index is 2.10. The van der Waals surface area contributed by atoms with E-state index in [2.05, 4.69) is 110 Å². The molecular weight excluding hydrogens is 406 g/mol. The number of quaternary nitrogens is 1. The maximum absolute atomic E-state index is 6.61. The third kappa shape index (κ3) is 4.40. The molecule has 0 aromatic heterocycles. The number of fused-ring (bicyclic) bond motifs is 2. The number of anilines is 1. The zero-order valence-corrected chi connectivity index (χ0v) is 20.7. The van der Waals surface area contributed by atoms with Gasteiger partial charge in [-0.05, 0) is 51.5 Å². The minimum absolute atomic E-state index is 0.939. The summed E-state index contributed by atoms with van der Waals surface area (Å²) in [5, 5.41) is 4.60. The van der Waals surface area contributed by atoms with Gasteiger partial charge in [0, 0.05) is 53.0 Å². The smallest absolute Gasteiger partial charge is 0.203 e. The van der Waals surface area contributed by atoms with Crippen molar-refractivity contribution >= 4 is 16.7 Å². The van der Waals surface area contributed by atoms with E-state index in [0.29, 0.717) is 0 Å². The van der Waals surface area contributed by atoms with Gasteiger partial charge in [-0.3, -0.25) is 0 Å².